The summed E-state index contributed by atoms with van der Waals surface area (Å²) in [4.78, 5) is 18.8. The fourth-order valence-electron chi connectivity index (χ4n) is 3.43. The first-order valence-corrected chi connectivity index (χ1v) is 10.6. The molecule has 0 N–H and O–H groups in total. The highest BCUT2D eigenvalue weighted by Gasteiger charge is 2.35. The normalized spacial score (nSPS) is 19.8. The molecule has 1 saturated heterocycles. The maximum atomic E-state index is 13.1. The molecule has 1 fully saturated rings. The Morgan fingerprint density at radius 1 is 1.07 bits per heavy atom. The lowest BCUT2D eigenvalue weighted by Crippen LogP contribution is -2.36. The van der Waals surface area contributed by atoms with Crippen molar-refractivity contribution in [3.63, 3.8) is 0 Å². The molecule has 0 spiro atoms. The Balaban J connectivity index is 1.56. The summed E-state index contributed by atoms with van der Waals surface area (Å²) >= 11 is 0. The molecule has 0 radical (unpaired) electrons. The molecule has 4 rings (SSSR count). The molecule has 1 aromatic heterocycles. The number of fused-ring (bicyclic) bond motifs is 1. The average molecular weight is 388 g/mol. The van der Waals surface area contributed by atoms with Gasteiger partial charge in [0.1, 0.15) is 0 Å². The van der Waals surface area contributed by atoms with Crippen LogP contribution < -0.4 is 9.47 Å². The Kier molecular flexibility index (Phi) is 4.73. The van der Waals surface area contributed by atoms with E-state index in [0.29, 0.717) is 31.0 Å². The van der Waals surface area contributed by atoms with Crippen LogP contribution in [0.5, 0.6) is 11.5 Å². The van der Waals surface area contributed by atoms with Crippen LogP contribution in [0.2, 0.25) is 0 Å². The number of amides is 1. The second kappa shape index (κ2) is 7.19. The molecule has 142 valence electrons. The molecular formula is C19H20N2O5S. The van der Waals surface area contributed by atoms with Gasteiger partial charge in [-0.1, -0.05) is 6.07 Å². The number of sulfone groups is 1. The van der Waals surface area contributed by atoms with E-state index >= 15 is 0 Å². The van der Waals surface area contributed by atoms with Gasteiger partial charge in [0.15, 0.2) is 21.3 Å². The van der Waals surface area contributed by atoms with E-state index in [1.165, 1.54) is 0 Å². The van der Waals surface area contributed by atoms with Crippen LogP contribution in [0.25, 0.3) is 0 Å². The Morgan fingerprint density at radius 3 is 2.56 bits per heavy atom. The molecule has 27 heavy (non-hydrogen) atoms. The number of carbonyl (C=O) groups excluding carboxylic acids is 1. The van der Waals surface area contributed by atoms with E-state index in [4.69, 9.17) is 9.47 Å². The monoisotopic (exact) mass is 388 g/mol. The van der Waals surface area contributed by atoms with Crippen molar-refractivity contribution in [1.82, 2.24) is 9.88 Å². The summed E-state index contributed by atoms with van der Waals surface area (Å²) in [7, 11) is -3.12. The lowest BCUT2D eigenvalue weighted by molar-refractivity contribution is -0.136. The molecule has 1 unspecified atom stereocenters. The third-order valence-electron chi connectivity index (χ3n) is 4.83. The van der Waals surface area contributed by atoms with Crippen LogP contribution in [-0.4, -0.2) is 42.5 Å². The van der Waals surface area contributed by atoms with Crippen molar-refractivity contribution < 1.29 is 22.7 Å². The van der Waals surface area contributed by atoms with E-state index in [1.807, 2.05) is 30.3 Å². The Morgan fingerprint density at radius 2 is 1.81 bits per heavy atom. The number of hydrogen-bond acceptors (Lipinski definition) is 6. The van der Waals surface area contributed by atoms with Gasteiger partial charge in [-0.15, -0.1) is 0 Å². The topological polar surface area (TPSA) is 85.8 Å². The Hall–Kier alpha value is -2.61. The number of carbonyl (C=O) groups is 1. The van der Waals surface area contributed by atoms with Crippen molar-refractivity contribution >= 4 is 15.7 Å². The minimum Gasteiger partial charge on any atom is -0.454 e. The summed E-state index contributed by atoms with van der Waals surface area (Å²) in [5.41, 5.74) is 1.85. The summed E-state index contributed by atoms with van der Waals surface area (Å²) in [5.74, 6) is 0.743. The van der Waals surface area contributed by atoms with Gasteiger partial charge >= 0.3 is 0 Å². The van der Waals surface area contributed by atoms with Gasteiger partial charge in [0, 0.05) is 25.5 Å². The van der Waals surface area contributed by atoms with Crippen molar-refractivity contribution in [3.05, 3.63) is 53.9 Å². The number of aromatic nitrogens is 1. The predicted molar refractivity (Wildman–Crippen MR) is 97.8 cm³/mol. The largest absolute Gasteiger partial charge is 0.454 e. The van der Waals surface area contributed by atoms with E-state index in [2.05, 4.69) is 4.98 Å². The number of nitrogens with zero attached hydrogens (tertiary/aromatic N) is 2. The highest BCUT2D eigenvalue weighted by Crippen LogP contribution is 2.33. The van der Waals surface area contributed by atoms with E-state index in [1.54, 1.807) is 17.3 Å². The first-order chi connectivity index (χ1) is 13.0. The second-order valence-corrected chi connectivity index (χ2v) is 9.07. The van der Waals surface area contributed by atoms with E-state index < -0.39 is 15.8 Å². The fraction of sp³-hybridized carbons (Fsp3) is 0.368. The average Bonchev–Trinajstić information content (AvgIpc) is 3.27. The van der Waals surface area contributed by atoms with Crippen LogP contribution in [-0.2, 0) is 27.7 Å². The molecule has 7 nitrogen and oxygen atoms in total. The predicted octanol–water partition coefficient (Wildman–Crippen LogP) is 1.77. The lowest BCUT2D eigenvalue weighted by atomic mass is 10.1. The lowest BCUT2D eigenvalue weighted by Gasteiger charge is -2.25. The molecule has 3 heterocycles. The van der Waals surface area contributed by atoms with Crippen LogP contribution in [0.15, 0.2) is 42.7 Å². The number of hydrogen-bond donors (Lipinski definition) is 0. The molecule has 1 amide bonds. The highest BCUT2D eigenvalue weighted by molar-refractivity contribution is 7.91. The molecule has 2 aliphatic heterocycles. The van der Waals surface area contributed by atoms with Gasteiger partial charge in [-0.2, -0.15) is 0 Å². The maximum absolute atomic E-state index is 13.1. The number of rotatable bonds is 5. The van der Waals surface area contributed by atoms with Crippen LogP contribution >= 0.6 is 0 Å². The van der Waals surface area contributed by atoms with Crippen LogP contribution in [0.4, 0.5) is 0 Å². The number of pyridine rings is 1. The molecule has 1 aromatic carbocycles. The van der Waals surface area contributed by atoms with Crippen molar-refractivity contribution in [3.8, 4) is 11.5 Å². The van der Waals surface area contributed by atoms with Gasteiger partial charge in [-0.25, -0.2) is 8.42 Å². The van der Waals surface area contributed by atoms with Gasteiger partial charge in [0.05, 0.1) is 17.4 Å². The van der Waals surface area contributed by atoms with E-state index in [0.717, 1.165) is 11.1 Å². The van der Waals surface area contributed by atoms with E-state index in [-0.39, 0.29) is 24.2 Å². The quantitative estimate of drug-likeness (QED) is 0.776. The Labute approximate surface area is 157 Å². The van der Waals surface area contributed by atoms with Crippen LogP contribution in [0.1, 0.15) is 17.5 Å². The van der Waals surface area contributed by atoms with Gasteiger partial charge < -0.3 is 14.4 Å². The molecule has 2 aliphatic rings. The molecule has 8 heteroatoms. The summed E-state index contributed by atoms with van der Waals surface area (Å²) in [6, 6.07) is 9.29. The SMILES string of the molecule is O=C(C1CCS(=O)(=O)C1)N(Cc1ccncc1)Cc1ccc2c(c1)OCO2. The third-order valence-corrected chi connectivity index (χ3v) is 6.59. The molecular weight excluding hydrogens is 368 g/mol. The summed E-state index contributed by atoms with van der Waals surface area (Å²) in [6.45, 7) is 0.957. The van der Waals surface area contributed by atoms with Crippen LogP contribution in [0.3, 0.4) is 0 Å². The van der Waals surface area contributed by atoms with Crippen molar-refractivity contribution in [1.29, 1.82) is 0 Å². The maximum Gasteiger partial charge on any atom is 0.231 e. The zero-order valence-corrected chi connectivity index (χ0v) is 15.5. The fourth-order valence-corrected chi connectivity index (χ4v) is 5.16. The third kappa shape index (κ3) is 4.05. The zero-order chi connectivity index (χ0) is 18.9. The molecule has 2 aromatic rings. The van der Waals surface area contributed by atoms with Gasteiger partial charge in [0.25, 0.3) is 0 Å². The zero-order valence-electron chi connectivity index (χ0n) is 14.7. The van der Waals surface area contributed by atoms with Gasteiger partial charge in [-0.3, -0.25) is 9.78 Å². The molecule has 0 saturated carbocycles. The van der Waals surface area contributed by atoms with Crippen LogP contribution in [0, 0.1) is 5.92 Å². The first kappa shape index (κ1) is 17.8. The van der Waals surface area contributed by atoms with Crippen molar-refractivity contribution in [2.24, 2.45) is 5.92 Å². The van der Waals surface area contributed by atoms with Crippen molar-refractivity contribution in [2.75, 3.05) is 18.3 Å². The number of ether oxygens (including phenoxy) is 2. The van der Waals surface area contributed by atoms with E-state index in [9.17, 15) is 13.2 Å². The summed E-state index contributed by atoms with van der Waals surface area (Å²) < 4.78 is 34.3. The van der Waals surface area contributed by atoms with Gasteiger partial charge in [0.2, 0.25) is 12.7 Å². The molecule has 0 bridgehead atoms. The standard InChI is InChI=1S/C19H20N2O5S/c22-19(16-5-8-27(23,24)12-16)21(10-14-3-6-20-7-4-14)11-15-1-2-17-18(9-15)26-13-25-17/h1-4,6-7,9,16H,5,8,10-13H2. The Bertz CT molecular complexity index is 946. The molecule has 1 atom stereocenters. The number of benzene rings is 1. The second-order valence-electron chi connectivity index (χ2n) is 6.84. The summed E-state index contributed by atoms with van der Waals surface area (Å²) in [6.07, 6.45) is 3.74. The van der Waals surface area contributed by atoms with Gasteiger partial charge in [-0.05, 0) is 41.8 Å². The first-order valence-electron chi connectivity index (χ1n) is 8.77. The summed E-state index contributed by atoms with van der Waals surface area (Å²) in [5, 5.41) is 0. The smallest absolute Gasteiger partial charge is 0.231 e. The highest BCUT2D eigenvalue weighted by atomic mass is 32.2. The minimum atomic E-state index is -3.12. The molecule has 0 aliphatic carbocycles. The van der Waals surface area contributed by atoms with Crippen molar-refractivity contribution in [2.45, 2.75) is 19.5 Å². The minimum absolute atomic E-state index is 0.0696.